The van der Waals surface area contributed by atoms with E-state index in [1.165, 1.54) is 10.9 Å². The van der Waals surface area contributed by atoms with E-state index in [1.54, 1.807) is 0 Å². The second kappa shape index (κ2) is 6.23. The summed E-state index contributed by atoms with van der Waals surface area (Å²) < 4.78 is 0. The van der Waals surface area contributed by atoms with Crippen LogP contribution in [-0.4, -0.2) is 22.3 Å². The van der Waals surface area contributed by atoms with Crippen molar-refractivity contribution in [1.29, 1.82) is 0 Å². The van der Waals surface area contributed by atoms with Crippen molar-refractivity contribution in [3.05, 3.63) is 70.4 Å². The topological polar surface area (TPSA) is 36.1 Å². The van der Waals surface area contributed by atoms with Gasteiger partial charge in [-0.3, -0.25) is 4.79 Å². The number of carbonyl (C=O) groups is 1. The van der Waals surface area contributed by atoms with Crippen LogP contribution >= 0.6 is 11.6 Å². The van der Waals surface area contributed by atoms with Gasteiger partial charge in [0.05, 0.1) is 6.04 Å². The molecular formula is C21H21ClN2O. The summed E-state index contributed by atoms with van der Waals surface area (Å²) in [5.74, 6) is 0.250. The molecule has 1 aliphatic heterocycles. The molecule has 0 fully saturated rings. The van der Waals surface area contributed by atoms with Crippen molar-refractivity contribution in [2.75, 3.05) is 6.54 Å². The van der Waals surface area contributed by atoms with Crippen LogP contribution in [0.4, 0.5) is 0 Å². The molecule has 2 unspecified atom stereocenters. The number of nitrogens with one attached hydrogen (secondary N) is 1. The normalized spacial score (nSPS) is 19.9. The number of aromatic nitrogens is 1. The van der Waals surface area contributed by atoms with E-state index in [1.807, 2.05) is 36.1 Å². The van der Waals surface area contributed by atoms with E-state index in [0.717, 1.165) is 21.8 Å². The fourth-order valence-electron chi connectivity index (χ4n) is 4.02. The highest BCUT2D eigenvalue weighted by molar-refractivity contribution is 6.31. The average molecular weight is 353 g/mol. The van der Waals surface area contributed by atoms with Crippen LogP contribution in [0, 0.1) is 0 Å². The van der Waals surface area contributed by atoms with Gasteiger partial charge in [-0.15, -0.1) is 0 Å². The Kier molecular flexibility index (Phi) is 4.04. The third-order valence-electron chi connectivity index (χ3n) is 5.29. The van der Waals surface area contributed by atoms with Crippen LogP contribution < -0.4 is 0 Å². The molecule has 0 bridgehead atoms. The standard InChI is InChI=1S/C21H21ClN2O/c1-3-19(25)24-12-16(14-8-4-6-10-17(14)22)20-15-9-5-7-11-18(15)23-21(20)13(24)2/h4-11,13,16,23H,3,12H2,1-2H3. The van der Waals surface area contributed by atoms with Gasteiger partial charge in [0.1, 0.15) is 0 Å². The average Bonchev–Trinajstić information content (AvgIpc) is 3.03. The highest BCUT2D eigenvalue weighted by Crippen LogP contribution is 2.44. The van der Waals surface area contributed by atoms with Crippen LogP contribution in [0.2, 0.25) is 5.02 Å². The number of H-pyrrole nitrogens is 1. The van der Waals surface area contributed by atoms with Gasteiger partial charge in [-0.25, -0.2) is 0 Å². The highest BCUT2D eigenvalue weighted by Gasteiger charge is 2.36. The second-order valence-electron chi connectivity index (χ2n) is 6.65. The number of rotatable bonds is 2. The lowest BCUT2D eigenvalue weighted by Gasteiger charge is -2.38. The fourth-order valence-corrected chi connectivity index (χ4v) is 4.29. The molecule has 2 atom stereocenters. The minimum Gasteiger partial charge on any atom is -0.356 e. The maximum atomic E-state index is 12.5. The van der Waals surface area contributed by atoms with Crippen LogP contribution in [0.1, 0.15) is 49.0 Å². The van der Waals surface area contributed by atoms with Gasteiger partial charge in [-0.05, 0) is 30.2 Å². The second-order valence-corrected chi connectivity index (χ2v) is 7.05. The summed E-state index contributed by atoms with van der Waals surface area (Å²) in [5, 5.41) is 1.97. The zero-order valence-corrected chi connectivity index (χ0v) is 15.2. The summed E-state index contributed by atoms with van der Waals surface area (Å²) in [4.78, 5) is 18.1. The smallest absolute Gasteiger partial charge is 0.222 e. The van der Waals surface area contributed by atoms with Gasteiger partial charge in [0.25, 0.3) is 0 Å². The van der Waals surface area contributed by atoms with Gasteiger partial charge in [-0.2, -0.15) is 0 Å². The summed E-state index contributed by atoms with van der Waals surface area (Å²) in [6, 6.07) is 16.3. The monoisotopic (exact) mass is 352 g/mol. The molecular weight excluding hydrogens is 332 g/mol. The SMILES string of the molecule is CCC(=O)N1CC(c2ccccc2Cl)c2c([nH]c3ccccc23)C1C. The quantitative estimate of drug-likeness (QED) is 0.670. The van der Waals surface area contributed by atoms with Crippen molar-refractivity contribution in [2.24, 2.45) is 0 Å². The van der Waals surface area contributed by atoms with E-state index in [0.29, 0.717) is 13.0 Å². The molecule has 1 aromatic heterocycles. The molecule has 2 aromatic carbocycles. The van der Waals surface area contributed by atoms with Crippen molar-refractivity contribution in [3.63, 3.8) is 0 Å². The van der Waals surface area contributed by atoms with Gasteiger partial charge in [0, 0.05) is 40.5 Å². The van der Waals surface area contributed by atoms with Crippen LogP contribution in [0.25, 0.3) is 10.9 Å². The first-order chi connectivity index (χ1) is 12.1. The zero-order valence-electron chi connectivity index (χ0n) is 14.4. The van der Waals surface area contributed by atoms with E-state index >= 15 is 0 Å². The van der Waals surface area contributed by atoms with Crippen LogP contribution in [0.15, 0.2) is 48.5 Å². The van der Waals surface area contributed by atoms with Gasteiger partial charge < -0.3 is 9.88 Å². The number of carbonyl (C=O) groups excluding carboxylic acids is 1. The Bertz CT molecular complexity index is 946. The molecule has 1 N–H and O–H groups in total. The number of benzene rings is 2. The molecule has 3 aromatic rings. The Hall–Kier alpha value is -2.26. The first kappa shape index (κ1) is 16.2. The molecule has 128 valence electrons. The Morgan fingerprint density at radius 3 is 2.68 bits per heavy atom. The Morgan fingerprint density at radius 1 is 1.20 bits per heavy atom. The molecule has 1 amide bonds. The molecule has 0 saturated heterocycles. The summed E-state index contributed by atoms with van der Waals surface area (Å²) in [6.07, 6.45) is 0.509. The molecule has 0 radical (unpaired) electrons. The van der Waals surface area contributed by atoms with E-state index in [-0.39, 0.29) is 17.9 Å². The molecule has 25 heavy (non-hydrogen) atoms. The third-order valence-corrected chi connectivity index (χ3v) is 5.64. The van der Waals surface area contributed by atoms with Crippen molar-refractivity contribution in [3.8, 4) is 0 Å². The summed E-state index contributed by atoms with van der Waals surface area (Å²) in [7, 11) is 0. The number of aromatic amines is 1. The van der Waals surface area contributed by atoms with Crippen molar-refractivity contribution in [2.45, 2.75) is 32.2 Å². The lowest BCUT2D eigenvalue weighted by atomic mass is 9.83. The molecule has 3 nitrogen and oxygen atoms in total. The maximum Gasteiger partial charge on any atom is 0.222 e. The Morgan fingerprint density at radius 2 is 1.92 bits per heavy atom. The zero-order chi connectivity index (χ0) is 17.6. The van der Waals surface area contributed by atoms with Gasteiger partial charge in [0.2, 0.25) is 5.91 Å². The van der Waals surface area contributed by atoms with E-state index in [2.05, 4.69) is 36.2 Å². The minimum absolute atomic E-state index is 0.0357. The number of halogens is 1. The maximum absolute atomic E-state index is 12.5. The van der Waals surface area contributed by atoms with E-state index < -0.39 is 0 Å². The summed E-state index contributed by atoms with van der Waals surface area (Å²) >= 11 is 6.53. The van der Waals surface area contributed by atoms with Crippen LogP contribution in [-0.2, 0) is 4.79 Å². The third kappa shape index (κ3) is 2.54. The predicted octanol–water partition coefficient (Wildman–Crippen LogP) is 5.27. The molecule has 0 aliphatic carbocycles. The van der Waals surface area contributed by atoms with Crippen LogP contribution in [0.3, 0.4) is 0 Å². The van der Waals surface area contributed by atoms with E-state index in [9.17, 15) is 4.79 Å². The van der Waals surface area contributed by atoms with Crippen molar-refractivity contribution >= 4 is 28.4 Å². The first-order valence-electron chi connectivity index (χ1n) is 8.76. The largest absolute Gasteiger partial charge is 0.356 e. The first-order valence-corrected chi connectivity index (χ1v) is 9.14. The predicted molar refractivity (Wildman–Crippen MR) is 102 cm³/mol. The molecule has 1 aliphatic rings. The molecule has 4 heteroatoms. The Balaban J connectivity index is 1.96. The number of hydrogen-bond acceptors (Lipinski definition) is 1. The number of fused-ring (bicyclic) bond motifs is 3. The highest BCUT2D eigenvalue weighted by atomic mass is 35.5. The molecule has 4 rings (SSSR count). The van der Waals surface area contributed by atoms with Crippen molar-refractivity contribution < 1.29 is 4.79 Å². The van der Waals surface area contributed by atoms with Gasteiger partial charge in [0.15, 0.2) is 0 Å². The van der Waals surface area contributed by atoms with Gasteiger partial charge in [-0.1, -0.05) is 54.9 Å². The Labute approximate surface area is 152 Å². The number of amides is 1. The number of hydrogen-bond donors (Lipinski definition) is 1. The van der Waals surface area contributed by atoms with Gasteiger partial charge >= 0.3 is 0 Å². The summed E-state index contributed by atoms with van der Waals surface area (Å²) in [6.45, 7) is 4.68. The lowest BCUT2D eigenvalue weighted by molar-refractivity contribution is -0.133. The number of nitrogens with zero attached hydrogens (tertiary/aromatic N) is 1. The fraction of sp³-hybridized carbons (Fsp3) is 0.286. The minimum atomic E-state index is 0.0357. The van der Waals surface area contributed by atoms with Crippen LogP contribution in [0.5, 0.6) is 0 Å². The lowest BCUT2D eigenvalue weighted by Crippen LogP contribution is -2.40. The number of para-hydroxylation sites is 1. The molecule has 0 spiro atoms. The summed E-state index contributed by atoms with van der Waals surface area (Å²) in [5.41, 5.74) is 4.59. The molecule has 2 heterocycles. The van der Waals surface area contributed by atoms with Crippen molar-refractivity contribution in [1.82, 2.24) is 9.88 Å². The molecule has 0 saturated carbocycles. The van der Waals surface area contributed by atoms with E-state index in [4.69, 9.17) is 11.6 Å².